The molecule has 0 fully saturated rings. The van der Waals surface area contributed by atoms with Gasteiger partial charge in [0.25, 0.3) is 6.43 Å². The van der Waals surface area contributed by atoms with Gasteiger partial charge in [0.15, 0.2) is 5.69 Å². The fourth-order valence-corrected chi connectivity index (χ4v) is 1.50. The predicted octanol–water partition coefficient (Wildman–Crippen LogP) is 3.22. The Kier molecular flexibility index (Phi) is 4.85. The molecule has 0 radical (unpaired) electrons. The number of esters is 1. The number of alkyl halides is 5. The number of carbonyl (C=O) groups excluding carboxylic acids is 1. The number of nitrogens with zero attached hydrogens (tertiary/aromatic N) is 1. The molecule has 1 aromatic rings. The third kappa shape index (κ3) is 3.14. The van der Waals surface area contributed by atoms with Crippen LogP contribution in [0.25, 0.3) is 0 Å². The molecule has 1 aromatic heterocycles. The molecule has 0 saturated heterocycles. The van der Waals surface area contributed by atoms with Gasteiger partial charge in [-0.15, -0.1) is 0 Å². The van der Waals surface area contributed by atoms with Crippen molar-refractivity contribution >= 4 is 5.97 Å². The minimum Gasteiger partial charge on any atom is -0.495 e. The highest BCUT2D eigenvalue weighted by Gasteiger charge is 2.42. The quantitative estimate of drug-likeness (QED) is 0.632. The van der Waals surface area contributed by atoms with Crippen LogP contribution in [-0.2, 0) is 10.9 Å². The third-order valence-corrected chi connectivity index (χ3v) is 2.25. The van der Waals surface area contributed by atoms with E-state index in [0.29, 0.717) is 6.20 Å². The molecule has 0 N–H and O–H groups in total. The second-order valence-corrected chi connectivity index (χ2v) is 3.49. The molecular formula is C11H10F5NO3. The van der Waals surface area contributed by atoms with Gasteiger partial charge in [0.1, 0.15) is 11.3 Å². The lowest BCUT2D eigenvalue weighted by Crippen LogP contribution is -2.19. The summed E-state index contributed by atoms with van der Waals surface area (Å²) in [4.78, 5) is 14.6. The van der Waals surface area contributed by atoms with Crippen LogP contribution in [0.2, 0.25) is 0 Å². The highest BCUT2D eigenvalue weighted by molar-refractivity contribution is 5.90. The monoisotopic (exact) mass is 299 g/mol. The number of hydrogen-bond donors (Lipinski definition) is 0. The molecule has 20 heavy (non-hydrogen) atoms. The Labute approximate surface area is 110 Å². The number of carbonyl (C=O) groups is 1. The van der Waals surface area contributed by atoms with Crippen LogP contribution in [0.4, 0.5) is 22.0 Å². The van der Waals surface area contributed by atoms with E-state index < -0.39 is 41.1 Å². The van der Waals surface area contributed by atoms with E-state index in [-0.39, 0.29) is 6.61 Å². The first-order valence-corrected chi connectivity index (χ1v) is 5.33. The van der Waals surface area contributed by atoms with Gasteiger partial charge in [0.2, 0.25) is 0 Å². The summed E-state index contributed by atoms with van der Waals surface area (Å²) in [5.41, 5.74) is -3.83. The van der Waals surface area contributed by atoms with Gasteiger partial charge in [-0.25, -0.2) is 18.6 Å². The zero-order valence-electron chi connectivity index (χ0n) is 10.4. The van der Waals surface area contributed by atoms with Crippen molar-refractivity contribution in [2.24, 2.45) is 0 Å². The van der Waals surface area contributed by atoms with Crippen LogP contribution >= 0.6 is 0 Å². The van der Waals surface area contributed by atoms with Crippen LogP contribution in [0, 0.1) is 0 Å². The lowest BCUT2D eigenvalue weighted by molar-refractivity contribution is -0.139. The van der Waals surface area contributed by atoms with Gasteiger partial charge in [-0.05, 0) is 6.92 Å². The second kappa shape index (κ2) is 6.02. The zero-order chi connectivity index (χ0) is 15.5. The van der Waals surface area contributed by atoms with Gasteiger partial charge in [-0.2, -0.15) is 13.2 Å². The first-order chi connectivity index (χ1) is 9.23. The first-order valence-electron chi connectivity index (χ1n) is 5.33. The Morgan fingerprint density at radius 1 is 1.40 bits per heavy atom. The van der Waals surface area contributed by atoms with Crippen LogP contribution in [-0.4, -0.2) is 24.7 Å². The Balaban J connectivity index is 3.58. The highest BCUT2D eigenvalue weighted by atomic mass is 19.4. The molecule has 9 heteroatoms. The first kappa shape index (κ1) is 16.1. The molecule has 0 amide bonds. The maximum atomic E-state index is 13.0. The van der Waals surface area contributed by atoms with Crippen LogP contribution in [0.15, 0.2) is 6.20 Å². The highest BCUT2D eigenvalue weighted by Crippen LogP contribution is 2.42. The van der Waals surface area contributed by atoms with Gasteiger partial charge >= 0.3 is 12.1 Å². The number of halogens is 5. The van der Waals surface area contributed by atoms with Gasteiger partial charge in [-0.3, -0.25) is 0 Å². The topological polar surface area (TPSA) is 48.4 Å². The van der Waals surface area contributed by atoms with Gasteiger partial charge in [-0.1, -0.05) is 0 Å². The summed E-state index contributed by atoms with van der Waals surface area (Å²) in [6.45, 7) is 1.20. The predicted molar refractivity (Wildman–Crippen MR) is 56.7 cm³/mol. The number of methoxy groups -OCH3 is 1. The van der Waals surface area contributed by atoms with Crippen molar-refractivity contribution in [3.05, 3.63) is 23.0 Å². The smallest absolute Gasteiger partial charge is 0.422 e. The summed E-state index contributed by atoms with van der Waals surface area (Å²) in [6, 6.07) is 0. The average molecular weight is 299 g/mol. The van der Waals surface area contributed by atoms with Crippen molar-refractivity contribution in [1.29, 1.82) is 0 Å². The molecule has 0 aliphatic rings. The van der Waals surface area contributed by atoms with Crippen LogP contribution in [0.1, 0.15) is 35.0 Å². The number of rotatable bonds is 4. The van der Waals surface area contributed by atoms with E-state index in [1.54, 1.807) is 0 Å². The largest absolute Gasteiger partial charge is 0.495 e. The molecule has 0 spiro atoms. The van der Waals surface area contributed by atoms with Crippen LogP contribution in [0.3, 0.4) is 0 Å². The lowest BCUT2D eigenvalue weighted by Gasteiger charge is -2.17. The second-order valence-electron chi connectivity index (χ2n) is 3.49. The van der Waals surface area contributed by atoms with Gasteiger partial charge in [0, 0.05) is 6.20 Å². The Morgan fingerprint density at radius 2 is 2.00 bits per heavy atom. The number of pyridine rings is 1. The van der Waals surface area contributed by atoms with Crippen LogP contribution < -0.4 is 4.74 Å². The van der Waals surface area contributed by atoms with E-state index in [1.807, 2.05) is 0 Å². The molecule has 0 aliphatic heterocycles. The normalized spacial score (nSPS) is 11.6. The SMILES string of the molecule is CCOC(=O)c1ncc(C(F)F)c(OC)c1C(F)(F)F. The van der Waals surface area contributed by atoms with E-state index in [0.717, 1.165) is 7.11 Å². The summed E-state index contributed by atoms with van der Waals surface area (Å²) in [5, 5.41) is 0. The minimum absolute atomic E-state index is 0.184. The van der Waals surface area contributed by atoms with E-state index in [1.165, 1.54) is 6.92 Å². The average Bonchev–Trinajstić information content (AvgIpc) is 2.35. The maximum absolute atomic E-state index is 13.0. The molecule has 0 unspecified atom stereocenters. The zero-order valence-corrected chi connectivity index (χ0v) is 10.4. The van der Waals surface area contributed by atoms with Crippen molar-refractivity contribution in [2.75, 3.05) is 13.7 Å². The Bertz CT molecular complexity index is 502. The van der Waals surface area contributed by atoms with E-state index in [9.17, 15) is 26.7 Å². The van der Waals surface area contributed by atoms with Crippen molar-refractivity contribution < 1.29 is 36.2 Å². The third-order valence-electron chi connectivity index (χ3n) is 2.25. The fraction of sp³-hybridized carbons (Fsp3) is 0.455. The van der Waals surface area contributed by atoms with Crippen molar-refractivity contribution in [3.63, 3.8) is 0 Å². The summed E-state index contributed by atoms with van der Waals surface area (Å²) in [6.07, 6.45) is -7.86. The molecule has 0 atom stereocenters. The molecule has 0 bridgehead atoms. The molecule has 1 rings (SSSR count). The number of ether oxygens (including phenoxy) is 2. The van der Waals surface area contributed by atoms with Gasteiger partial charge < -0.3 is 9.47 Å². The molecule has 4 nitrogen and oxygen atoms in total. The Hall–Kier alpha value is -1.93. The fourth-order valence-electron chi connectivity index (χ4n) is 1.50. The summed E-state index contributed by atoms with van der Waals surface area (Å²) in [5.74, 6) is -2.50. The van der Waals surface area contributed by atoms with Gasteiger partial charge in [0.05, 0.1) is 19.3 Å². The molecule has 112 valence electrons. The number of hydrogen-bond acceptors (Lipinski definition) is 4. The summed E-state index contributed by atoms with van der Waals surface area (Å²) >= 11 is 0. The molecule has 0 saturated carbocycles. The number of aromatic nitrogens is 1. The maximum Gasteiger partial charge on any atom is 0.422 e. The molecular weight excluding hydrogens is 289 g/mol. The van der Waals surface area contributed by atoms with Crippen molar-refractivity contribution in [1.82, 2.24) is 4.98 Å². The van der Waals surface area contributed by atoms with Crippen LogP contribution in [0.5, 0.6) is 5.75 Å². The van der Waals surface area contributed by atoms with Crippen molar-refractivity contribution in [3.8, 4) is 5.75 Å². The Morgan fingerprint density at radius 3 is 2.40 bits per heavy atom. The molecule has 1 heterocycles. The van der Waals surface area contributed by atoms with E-state index in [2.05, 4.69) is 14.5 Å². The lowest BCUT2D eigenvalue weighted by atomic mass is 10.1. The summed E-state index contributed by atoms with van der Waals surface area (Å²) < 4.78 is 73.0. The molecule has 0 aromatic carbocycles. The minimum atomic E-state index is -5.09. The standard InChI is InChI=1S/C11H10F5NO3/c1-3-20-10(18)7-6(11(14,15)16)8(19-2)5(4-17-7)9(12)13/h4,9H,3H2,1-2H3. The molecule has 0 aliphatic carbocycles. The van der Waals surface area contributed by atoms with E-state index in [4.69, 9.17) is 0 Å². The van der Waals surface area contributed by atoms with E-state index >= 15 is 0 Å². The van der Waals surface area contributed by atoms with Crippen molar-refractivity contribution in [2.45, 2.75) is 19.5 Å². The summed E-state index contributed by atoms with van der Waals surface area (Å²) in [7, 11) is 0.797.